The van der Waals surface area contributed by atoms with Crippen molar-refractivity contribution >= 4 is 11.6 Å². The molecule has 22 heavy (non-hydrogen) atoms. The average Bonchev–Trinajstić information content (AvgIpc) is 2.40. The molecule has 1 amide bonds. The molecule has 2 N–H and O–H groups in total. The summed E-state index contributed by atoms with van der Waals surface area (Å²) in [4.78, 5) is 11.1. The van der Waals surface area contributed by atoms with Crippen molar-refractivity contribution in [3.05, 3.63) is 29.3 Å². The third-order valence-electron chi connectivity index (χ3n) is 2.38. The molecule has 0 saturated heterocycles. The zero-order chi connectivity index (χ0) is 17.0. The maximum atomic E-state index is 12.6. The van der Waals surface area contributed by atoms with E-state index in [1.165, 1.54) is 6.07 Å². The first-order valence-electron chi connectivity index (χ1n) is 5.71. The summed E-state index contributed by atoms with van der Waals surface area (Å²) in [6, 6.07) is 3.85. The molecule has 1 aromatic carbocycles. The third kappa shape index (κ3) is 5.51. The van der Waals surface area contributed by atoms with Crippen LogP contribution in [0, 0.1) is 11.3 Å². The van der Waals surface area contributed by atoms with E-state index in [4.69, 9.17) is 5.26 Å². The van der Waals surface area contributed by atoms with E-state index in [9.17, 15) is 31.1 Å². The molecule has 0 aromatic heterocycles. The monoisotopic (exact) mass is 325 g/mol. The number of carbonyl (C=O) groups excluding carboxylic acids is 1. The summed E-state index contributed by atoms with van der Waals surface area (Å²) < 4.78 is 73.2. The summed E-state index contributed by atoms with van der Waals surface area (Å²) >= 11 is 0. The van der Waals surface area contributed by atoms with Crippen molar-refractivity contribution in [3.8, 4) is 6.07 Å². The zero-order valence-electron chi connectivity index (χ0n) is 10.8. The first-order valence-corrected chi connectivity index (χ1v) is 5.71. The number of hydrogen-bond donors (Lipinski definition) is 2. The predicted octanol–water partition coefficient (Wildman–Crippen LogP) is 2.67. The fraction of sp³-hybridized carbons (Fsp3) is 0.333. The fourth-order valence-corrected chi connectivity index (χ4v) is 1.44. The van der Waals surface area contributed by atoms with Crippen molar-refractivity contribution < 1.29 is 31.1 Å². The highest BCUT2D eigenvalue weighted by molar-refractivity contribution is 5.80. The van der Waals surface area contributed by atoms with Crippen molar-refractivity contribution in [2.45, 2.75) is 12.4 Å². The van der Waals surface area contributed by atoms with E-state index < -0.39 is 42.5 Å². The van der Waals surface area contributed by atoms with Crippen LogP contribution in [0.15, 0.2) is 18.2 Å². The minimum atomic E-state index is -4.70. The normalized spacial score (nSPS) is 11.7. The molecule has 0 atom stereocenters. The fourth-order valence-electron chi connectivity index (χ4n) is 1.44. The second-order valence-electron chi connectivity index (χ2n) is 4.12. The first-order chi connectivity index (χ1) is 10.0. The van der Waals surface area contributed by atoms with Crippen LogP contribution in [0.5, 0.6) is 0 Å². The number of halogens is 6. The average molecular weight is 325 g/mol. The molecular weight excluding hydrogens is 316 g/mol. The summed E-state index contributed by atoms with van der Waals surface area (Å²) in [6.45, 7) is -2.09. The zero-order valence-corrected chi connectivity index (χ0v) is 10.8. The number of nitrogens with zero attached hydrogens (tertiary/aromatic N) is 1. The SMILES string of the molecule is N#Cc1cc(NCC(=O)NCC(F)(F)F)ccc1C(F)(F)F. The van der Waals surface area contributed by atoms with Gasteiger partial charge in [0.25, 0.3) is 0 Å². The number of alkyl halides is 6. The van der Waals surface area contributed by atoms with Crippen LogP contribution in [0.4, 0.5) is 32.0 Å². The van der Waals surface area contributed by atoms with Gasteiger partial charge in [0.2, 0.25) is 5.91 Å². The van der Waals surface area contributed by atoms with Crippen LogP contribution < -0.4 is 10.6 Å². The smallest absolute Gasteiger partial charge is 0.376 e. The molecule has 10 heteroatoms. The maximum Gasteiger partial charge on any atom is 0.417 e. The van der Waals surface area contributed by atoms with Gasteiger partial charge in [-0.15, -0.1) is 0 Å². The Hall–Kier alpha value is -2.44. The number of nitrogens with one attached hydrogen (secondary N) is 2. The van der Waals surface area contributed by atoms with Gasteiger partial charge in [-0.2, -0.15) is 31.6 Å². The summed E-state index contributed by atoms with van der Waals surface area (Å²) in [5.74, 6) is -0.990. The molecule has 0 heterocycles. The van der Waals surface area contributed by atoms with Gasteiger partial charge in [0.1, 0.15) is 6.54 Å². The van der Waals surface area contributed by atoms with Gasteiger partial charge in [-0.25, -0.2) is 0 Å². The topological polar surface area (TPSA) is 64.9 Å². The molecule has 1 rings (SSSR count). The van der Waals surface area contributed by atoms with Crippen LogP contribution in [0.25, 0.3) is 0 Å². The Morgan fingerprint density at radius 2 is 1.82 bits per heavy atom. The van der Waals surface area contributed by atoms with Gasteiger partial charge in [0.05, 0.1) is 23.7 Å². The van der Waals surface area contributed by atoms with Crippen molar-refractivity contribution in [3.63, 3.8) is 0 Å². The lowest BCUT2D eigenvalue weighted by atomic mass is 10.1. The molecule has 0 unspecified atom stereocenters. The second-order valence-corrected chi connectivity index (χ2v) is 4.12. The van der Waals surface area contributed by atoms with E-state index >= 15 is 0 Å². The van der Waals surface area contributed by atoms with E-state index in [-0.39, 0.29) is 5.69 Å². The molecule has 0 radical (unpaired) electrons. The Morgan fingerprint density at radius 3 is 2.32 bits per heavy atom. The number of anilines is 1. The molecule has 120 valence electrons. The van der Waals surface area contributed by atoms with Crippen LogP contribution in [-0.2, 0) is 11.0 Å². The van der Waals surface area contributed by atoms with E-state index in [1.807, 2.05) is 0 Å². The molecule has 0 saturated carbocycles. The minimum absolute atomic E-state index is 0.00621. The first kappa shape index (κ1) is 17.6. The molecule has 0 aliphatic heterocycles. The van der Waals surface area contributed by atoms with Gasteiger partial charge < -0.3 is 10.6 Å². The van der Waals surface area contributed by atoms with Crippen molar-refractivity contribution in [1.29, 1.82) is 5.26 Å². The Bertz CT molecular complexity index is 588. The lowest BCUT2D eigenvalue weighted by Gasteiger charge is -2.12. The molecule has 0 spiro atoms. The van der Waals surface area contributed by atoms with Gasteiger partial charge in [0.15, 0.2) is 0 Å². The van der Waals surface area contributed by atoms with E-state index in [0.29, 0.717) is 6.07 Å². The van der Waals surface area contributed by atoms with E-state index in [2.05, 4.69) is 5.32 Å². The number of carbonyl (C=O) groups is 1. The molecular formula is C12H9F6N3O. The number of hydrogen-bond acceptors (Lipinski definition) is 3. The number of amides is 1. The lowest BCUT2D eigenvalue weighted by Crippen LogP contribution is -2.37. The van der Waals surface area contributed by atoms with Gasteiger partial charge in [0, 0.05) is 5.69 Å². The van der Waals surface area contributed by atoms with Crippen LogP contribution >= 0.6 is 0 Å². The highest BCUT2D eigenvalue weighted by atomic mass is 19.4. The highest BCUT2D eigenvalue weighted by Crippen LogP contribution is 2.32. The second kappa shape index (κ2) is 6.55. The molecule has 0 aliphatic carbocycles. The summed E-state index contributed by atoms with van der Waals surface area (Å²) in [5, 5.41) is 12.6. The highest BCUT2D eigenvalue weighted by Gasteiger charge is 2.33. The molecule has 4 nitrogen and oxygen atoms in total. The Kier molecular flexibility index (Phi) is 5.24. The summed E-state index contributed by atoms with van der Waals surface area (Å²) in [7, 11) is 0. The Labute approximate surface area is 120 Å². The predicted molar refractivity (Wildman–Crippen MR) is 63.7 cm³/mol. The van der Waals surface area contributed by atoms with E-state index in [0.717, 1.165) is 12.1 Å². The van der Waals surface area contributed by atoms with Gasteiger partial charge >= 0.3 is 12.4 Å². The number of rotatable bonds is 4. The number of nitriles is 1. The van der Waals surface area contributed by atoms with Gasteiger partial charge in [-0.3, -0.25) is 4.79 Å². The molecule has 0 fully saturated rings. The quantitative estimate of drug-likeness (QED) is 0.837. The minimum Gasteiger partial charge on any atom is -0.376 e. The van der Waals surface area contributed by atoms with Crippen molar-refractivity contribution in [1.82, 2.24) is 5.32 Å². The molecule has 0 aliphatic rings. The van der Waals surface area contributed by atoms with Crippen LogP contribution in [0.3, 0.4) is 0 Å². The third-order valence-corrected chi connectivity index (χ3v) is 2.38. The number of benzene rings is 1. The van der Waals surface area contributed by atoms with Gasteiger partial charge in [-0.05, 0) is 18.2 Å². The van der Waals surface area contributed by atoms with Crippen LogP contribution in [-0.4, -0.2) is 25.2 Å². The standard InChI is InChI=1S/C12H9F6N3O/c13-11(14,15)6-21-10(22)5-20-8-1-2-9(12(16,17)18)7(3-8)4-19/h1-3,20H,5-6H2,(H,21,22). The molecule has 1 aromatic rings. The van der Waals surface area contributed by atoms with Crippen molar-refractivity contribution in [2.24, 2.45) is 0 Å². The van der Waals surface area contributed by atoms with Crippen LogP contribution in [0.2, 0.25) is 0 Å². The van der Waals surface area contributed by atoms with E-state index in [1.54, 1.807) is 5.32 Å². The lowest BCUT2D eigenvalue weighted by molar-refractivity contribution is -0.137. The summed E-state index contributed by atoms with van der Waals surface area (Å²) in [5.41, 5.74) is -1.79. The van der Waals surface area contributed by atoms with Crippen LogP contribution in [0.1, 0.15) is 11.1 Å². The molecule has 0 bridgehead atoms. The Balaban J connectivity index is 2.68. The van der Waals surface area contributed by atoms with Gasteiger partial charge in [-0.1, -0.05) is 0 Å². The summed E-state index contributed by atoms with van der Waals surface area (Å²) in [6.07, 6.45) is -9.26. The Morgan fingerprint density at radius 1 is 1.18 bits per heavy atom. The van der Waals surface area contributed by atoms with Crippen molar-refractivity contribution in [2.75, 3.05) is 18.4 Å². The largest absolute Gasteiger partial charge is 0.417 e. The maximum absolute atomic E-state index is 12.6.